The van der Waals surface area contributed by atoms with Gasteiger partial charge >= 0.3 is 0 Å². The highest BCUT2D eigenvalue weighted by Gasteiger charge is 2.47. The molecule has 110 valence electrons. The molecule has 4 N–H and O–H groups in total. The van der Waals surface area contributed by atoms with Gasteiger partial charge in [0.05, 0.1) is 18.7 Å². The van der Waals surface area contributed by atoms with Gasteiger partial charge in [0.15, 0.2) is 12.6 Å². The maximum absolute atomic E-state index is 6.17. The van der Waals surface area contributed by atoms with E-state index in [-0.39, 0.29) is 18.2 Å². The summed E-state index contributed by atoms with van der Waals surface area (Å²) in [6, 6.07) is 8.97. The number of ether oxygens (including phenoxy) is 4. The van der Waals surface area contributed by atoms with Crippen LogP contribution in [0.5, 0.6) is 0 Å². The third-order valence-corrected chi connectivity index (χ3v) is 3.81. The Morgan fingerprint density at radius 2 is 1.85 bits per heavy atom. The van der Waals surface area contributed by atoms with E-state index in [1.807, 2.05) is 30.3 Å². The molecule has 1 aromatic carbocycles. The summed E-state index contributed by atoms with van der Waals surface area (Å²) in [4.78, 5) is 0. The highest BCUT2D eigenvalue weighted by atomic mass is 16.7. The van der Waals surface area contributed by atoms with Crippen molar-refractivity contribution in [1.29, 1.82) is 0 Å². The third kappa shape index (κ3) is 2.46. The highest BCUT2D eigenvalue weighted by Crippen LogP contribution is 2.32. The predicted molar refractivity (Wildman–Crippen MR) is 71.6 cm³/mol. The lowest BCUT2D eigenvalue weighted by atomic mass is 9.94. The Bertz CT molecular complexity index is 442. The number of hydrogen-bond acceptors (Lipinski definition) is 6. The van der Waals surface area contributed by atoms with E-state index in [4.69, 9.17) is 30.4 Å². The van der Waals surface area contributed by atoms with Crippen LogP contribution >= 0.6 is 0 Å². The summed E-state index contributed by atoms with van der Waals surface area (Å²) in [6.07, 6.45) is -1.50. The zero-order valence-corrected chi connectivity index (χ0v) is 11.3. The van der Waals surface area contributed by atoms with E-state index in [2.05, 4.69) is 0 Å². The molecule has 0 radical (unpaired) electrons. The third-order valence-electron chi connectivity index (χ3n) is 3.81. The largest absolute Gasteiger partial charge is 0.354 e. The lowest BCUT2D eigenvalue weighted by Gasteiger charge is -2.47. The van der Waals surface area contributed by atoms with Crippen LogP contribution in [0.15, 0.2) is 30.3 Å². The van der Waals surface area contributed by atoms with Crippen LogP contribution in [-0.2, 0) is 18.9 Å². The smallest absolute Gasteiger partial charge is 0.184 e. The van der Waals surface area contributed by atoms with Crippen LogP contribution in [0, 0.1) is 0 Å². The average molecular weight is 280 g/mol. The Balaban J connectivity index is 1.74. The first-order chi connectivity index (χ1) is 9.70. The summed E-state index contributed by atoms with van der Waals surface area (Å²) >= 11 is 0. The maximum Gasteiger partial charge on any atom is 0.184 e. The predicted octanol–water partition coefficient (Wildman–Crippen LogP) is 0.127. The van der Waals surface area contributed by atoms with Gasteiger partial charge in [-0.25, -0.2) is 0 Å². The van der Waals surface area contributed by atoms with Gasteiger partial charge in [0.2, 0.25) is 0 Å². The molecule has 0 aromatic heterocycles. The van der Waals surface area contributed by atoms with E-state index >= 15 is 0 Å². The SMILES string of the molecule is CO[C@@H]1O[C@@H]2CO[C@H](c3ccccc3)O[C@H]2[C@@H](N)[C@H]1N. The van der Waals surface area contributed by atoms with Crippen molar-refractivity contribution in [2.75, 3.05) is 13.7 Å². The molecule has 2 aliphatic rings. The molecular weight excluding hydrogens is 260 g/mol. The number of hydrogen-bond donors (Lipinski definition) is 2. The summed E-state index contributed by atoms with van der Waals surface area (Å²) in [6.45, 7) is 0.407. The minimum Gasteiger partial charge on any atom is -0.354 e. The molecule has 3 rings (SSSR count). The molecule has 0 amide bonds. The Labute approximate surface area is 117 Å². The second-order valence-corrected chi connectivity index (χ2v) is 5.11. The van der Waals surface area contributed by atoms with Gasteiger partial charge in [-0.1, -0.05) is 30.3 Å². The van der Waals surface area contributed by atoms with Crippen LogP contribution in [0.25, 0.3) is 0 Å². The Morgan fingerprint density at radius 3 is 2.55 bits per heavy atom. The highest BCUT2D eigenvalue weighted by molar-refractivity contribution is 5.16. The van der Waals surface area contributed by atoms with Crippen LogP contribution in [0.4, 0.5) is 0 Å². The van der Waals surface area contributed by atoms with E-state index < -0.39 is 18.6 Å². The van der Waals surface area contributed by atoms with Crippen LogP contribution in [-0.4, -0.2) is 44.3 Å². The topological polar surface area (TPSA) is 89.0 Å². The van der Waals surface area contributed by atoms with E-state index in [1.54, 1.807) is 7.11 Å². The lowest BCUT2D eigenvalue weighted by Crippen LogP contribution is -2.67. The van der Waals surface area contributed by atoms with Crippen LogP contribution in [0.2, 0.25) is 0 Å². The summed E-state index contributed by atoms with van der Waals surface area (Å²) in [7, 11) is 1.55. The molecule has 0 aliphatic carbocycles. The van der Waals surface area contributed by atoms with Gasteiger partial charge in [-0.2, -0.15) is 0 Å². The van der Waals surface area contributed by atoms with Gasteiger partial charge in [-0.05, 0) is 0 Å². The number of methoxy groups -OCH3 is 1. The van der Waals surface area contributed by atoms with Crippen molar-refractivity contribution in [3.05, 3.63) is 35.9 Å². The first-order valence-corrected chi connectivity index (χ1v) is 6.72. The van der Waals surface area contributed by atoms with Crippen LogP contribution in [0.1, 0.15) is 11.9 Å². The fraction of sp³-hybridized carbons (Fsp3) is 0.571. The van der Waals surface area contributed by atoms with Crippen molar-refractivity contribution in [2.45, 2.75) is 36.9 Å². The van der Waals surface area contributed by atoms with Crippen molar-refractivity contribution in [2.24, 2.45) is 11.5 Å². The molecule has 2 heterocycles. The summed E-state index contributed by atoms with van der Waals surface area (Å²) in [5.41, 5.74) is 13.2. The molecule has 6 nitrogen and oxygen atoms in total. The van der Waals surface area contributed by atoms with Crippen molar-refractivity contribution in [1.82, 2.24) is 0 Å². The molecular formula is C14H20N2O4. The second-order valence-electron chi connectivity index (χ2n) is 5.11. The average Bonchev–Trinajstić information content (AvgIpc) is 2.51. The van der Waals surface area contributed by atoms with Gasteiger partial charge in [0.1, 0.15) is 12.2 Å². The fourth-order valence-electron chi connectivity index (χ4n) is 2.66. The molecule has 2 saturated heterocycles. The Kier molecular flexibility index (Phi) is 4.02. The molecule has 1 aromatic rings. The molecule has 0 bridgehead atoms. The van der Waals surface area contributed by atoms with Gasteiger partial charge in [0, 0.05) is 12.7 Å². The van der Waals surface area contributed by atoms with E-state index in [1.165, 1.54) is 0 Å². The number of nitrogens with two attached hydrogens (primary N) is 2. The Morgan fingerprint density at radius 1 is 1.10 bits per heavy atom. The summed E-state index contributed by atoms with van der Waals surface area (Å²) in [5.74, 6) is 0. The van der Waals surface area contributed by atoms with E-state index in [0.29, 0.717) is 6.61 Å². The normalized spacial score (nSPS) is 41.1. The first-order valence-electron chi connectivity index (χ1n) is 6.72. The van der Waals surface area contributed by atoms with Crippen molar-refractivity contribution in [3.63, 3.8) is 0 Å². The molecule has 2 fully saturated rings. The van der Waals surface area contributed by atoms with E-state index in [9.17, 15) is 0 Å². The van der Waals surface area contributed by atoms with Gasteiger partial charge < -0.3 is 30.4 Å². The quantitative estimate of drug-likeness (QED) is 0.800. The monoisotopic (exact) mass is 280 g/mol. The van der Waals surface area contributed by atoms with Gasteiger partial charge in [-0.15, -0.1) is 0 Å². The lowest BCUT2D eigenvalue weighted by molar-refractivity contribution is -0.321. The molecule has 20 heavy (non-hydrogen) atoms. The van der Waals surface area contributed by atoms with Crippen molar-refractivity contribution < 1.29 is 18.9 Å². The number of benzene rings is 1. The van der Waals surface area contributed by atoms with Crippen molar-refractivity contribution in [3.8, 4) is 0 Å². The standard InChI is InChI=1S/C14H20N2O4/c1-17-14-11(16)10(15)12-9(19-14)7-18-13(20-12)8-5-3-2-4-6-8/h2-6,9-14H,7,15-16H2,1H3/t9-,10+,11-,12-,13+,14-/m1/s1. The van der Waals surface area contributed by atoms with Gasteiger partial charge in [-0.3, -0.25) is 0 Å². The molecule has 0 unspecified atom stereocenters. The summed E-state index contributed by atoms with van der Waals surface area (Å²) < 4.78 is 22.6. The minimum absolute atomic E-state index is 0.255. The minimum atomic E-state index is -0.522. The van der Waals surface area contributed by atoms with E-state index in [0.717, 1.165) is 5.56 Å². The number of rotatable bonds is 2. The zero-order valence-electron chi connectivity index (χ0n) is 11.3. The Hall–Kier alpha value is -1.02. The van der Waals surface area contributed by atoms with Crippen LogP contribution in [0.3, 0.4) is 0 Å². The second kappa shape index (κ2) is 5.77. The fourth-order valence-corrected chi connectivity index (χ4v) is 2.66. The van der Waals surface area contributed by atoms with Crippen LogP contribution < -0.4 is 11.5 Å². The van der Waals surface area contributed by atoms with Gasteiger partial charge in [0.25, 0.3) is 0 Å². The first kappa shape index (κ1) is 13.9. The number of fused-ring (bicyclic) bond motifs is 1. The molecule has 2 aliphatic heterocycles. The van der Waals surface area contributed by atoms with Crippen molar-refractivity contribution >= 4 is 0 Å². The zero-order chi connectivity index (χ0) is 14.1. The summed E-state index contributed by atoms with van der Waals surface area (Å²) in [5, 5.41) is 0. The molecule has 6 atom stereocenters. The molecule has 0 saturated carbocycles. The molecule has 6 heteroatoms. The maximum atomic E-state index is 6.17. The molecule has 0 spiro atoms.